The molecule has 1 heteroatoms. The average Bonchev–Trinajstić information content (AvgIpc) is 2.18. The molecule has 0 amide bonds. The summed E-state index contributed by atoms with van der Waals surface area (Å²) in [7, 11) is 0. The lowest BCUT2D eigenvalue weighted by molar-refractivity contribution is 0.105. The fraction of sp³-hybridized carbons (Fsp3) is 1.00. The van der Waals surface area contributed by atoms with Crippen LogP contribution in [0.3, 0.4) is 0 Å². The van der Waals surface area contributed by atoms with Gasteiger partial charge >= 0.3 is 0 Å². The highest BCUT2D eigenvalue weighted by Gasteiger charge is 2.73. The SMILES string of the molecule is CC12[C@@H]3CC[C@H]1[C@H]2C[C@H]3O. The molecule has 1 N–H and O–H groups in total. The monoisotopic (exact) mass is 138 g/mol. The van der Waals surface area contributed by atoms with Crippen LogP contribution in [0.4, 0.5) is 0 Å². The standard InChI is InChI=1S/C9H14O/c1-9-5-2-3-6(9)8(10)4-7(5)9/h5-8,10H,2-4H2,1H3/t5-,6+,7+,8+,9?/m0/s1. The van der Waals surface area contributed by atoms with Crippen LogP contribution in [0, 0.1) is 23.2 Å². The predicted octanol–water partition coefficient (Wildman–Crippen LogP) is 1.41. The number of aliphatic hydroxyl groups is 1. The van der Waals surface area contributed by atoms with Gasteiger partial charge in [0.1, 0.15) is 0 Å². The van der Waals surface area contributed by atoms with Crippen LogP contribution in [0.15, 0.2) is 0 Å². The van der Waals surface area contributed by atoms with Crippen LogP contribution in [0.1, 0.15) is 26.2 Å². The molecule has 0 radical (unpaired) electrons. The van der Waals surface area contributed by atoms with Crippen molar-refractivity contribution >= 4 is 0 Å². The van der Waals surface area contributed by atoms with E-state index in [9.17, 15) is 5.11 Å². The van der Waals surface area contributed by atoms with Gasteiger partial charge in [0.25, 0.3) is 0 Å². The summed E-state index contributed by atoms with van der Waals surface area (Å²) >= 11 is 0. The maximum Gasteiger partial charge on any atom is 0.0576 e. The molecule has 0 aromatic carbocycles. The maximum atomic E-state index is 9.58. The summed E-state index contributed by atoms with van der Waals surface area (Å²) in [5.41, 5.74) is 0.611. The van der Waals surface area contributed by atoms with Gasteiger partial charge in [-0.3, -0.25) is 0 Å². The minimum atomic E-state index is 0.0637. The third-order valence-corrected chi connectivity index (χ3v) is 4.52. The summed E-state index contributed by atoms with van der Waals surface area (Å²) < 4.78 is 0. The highest BCUT2D eigenvalue weighted by Crippen LogP contribution is 2.77. The number of rotatable bonds is 0. The van der Waals surface area contributed by atoms with Gasteiger partial charge in [0, 0.05) is 0 Å². The lowest BCUT2D eigenvalue weighted by atomic mass is 9.92. The van der Waals surface area contributed by atoms with Crippen LogP contribution >= 0.6 is 0 Å². The van der Waals surface area contributed by atoms with Crippen LogP contribution in [0.5, 0.6) is 0 Å². The lowest BCUT2D eigenvalue weighted by Crippen LogP contribution is -2.18. The molecule has 3 aliphatic rings. The second-order valence-electron chi connectivity index (χ2n) is 4.57. The molecule has 0 spiro atoms. The van der Waals surface area contributed by atoms with Crippen molar-refractivity contribution in [2.24, 2.45) is 23.2 Å². The van der Waals surface area contributed by atoms with E-state index in [0.717, 1.165) is 18.3 Å². The third-order valence-electron chi connectivity index (χ3n) is 4.52. The topological polar surface area (TPSA) is 20.2 Å². The van der Waals surface area contributed by atoms with Gasteiger partial charge < -0.3 is 5.11 Å². The van der Waals surface area contributed by atoms with Crippen molar-refractivity contribution < 1.29 is 5.11 Å². The maximum absolute atomic E-state index is 9.58. The van der Waals surface area contributed by atoms with Crippen molar-refractivity contribution in [1.29, 1.82) is 0 Å². The lowest BCUT2D eigenvalue weighted by Gasteiger charge is -2.16. The molecule has 0 aromatic heterocycles. The largest absolute Gasteiger partial charge is 0.393 e. The van der Waals surface area contributed by atoms with Crippen molar-refractivity contribution in [1.82, 2.24) is 0 Å². The van der Waals surface area contributed by atoms with Crippen LogP contribution in [0.25, 0.3) is 0 Å². The van der Waals surface area contributed by atoms with Gasteiger partial charge in [-0.1, -0.05) is 6.92 Å². The summed E-state index contributed by atoms with van der Waals surface area (Å²) in [6.45, 7) is 2.39. The first-order valence-electron chi connectivity index (χ1n) is 4.42. The van der Waals surface area contributed by atoms with Gasteiger partial charge in [0.15, 0.2) is 0 Å². The number of hydrogen-bond donors (Lipinski definition) is 1. The van der Waals surface area contributed by atoms with Gasteiger partial charge in [0.05, 0.1) is 6.10 Å². The molecule has 0 saturated heterocycles. The number of aliphatic hydroxyl groups excluding tert-OH is 1. The quantitative estimate of drug-likeness (QED) is 0.536. The van der Waals surface area contributed by atoms with E-state index in [2.05, 4.69) is 6.92 Å². The molecule has 0 aromatic rings. The van der Waals surface area contributed by atoms with Gasteiger partial charge in [0.2, 0.25) is 0 Å². The van der Waals surface area contributed by atoms with E-state index in [1.54, 1.807) is 0 Å². The summed E-state index contributed by atoms with van der Waals surface area (Å²) in [6, 6.07) is 0. The molecule has 5 atom stereocenters. The van der Waals surface area contributed by atoms with Crippen molar-refractivity contribution in [3.63, 3.8) is 0 Å². The molecule has 3 saturated carbocycles. The molecular formula is C9H14O. The Hall–Kier alpha value is -0.0400. The zero-order valence-electron chi connectivity index (χ0n) is 6.38. The highest BCUT2D eigenvalue weighted by atomic mass is 16.3. The Balaban J connectivity index is 2.03. The summed E-state index contributed by atoms with van der Waals surface area (Å²) in [5.74, 6) is 2.62. The van der Waals surface area contributed by atoms with Crippen molar-refractivity contribution in [2.75, 3.05) is 0 Å². The zero-order valence-corrected chi connectivity index (χ0v) is 6.38. The van der Waals surface area contributed by atoms with E-state index < -0.39 is 0 Å². The Bertz CT molecular complexity index is 189. The first-order chi connectivity index (χ1) is 4.74. The summed E-state index contributed by atoms with van der Waals surface area (Å²) in [4.78, 5) is 0. The second-order valence-corrected chi connectivity index (χ2v) is 4.57. The Morgan fingerprint density at radius 2 is 1.90 bits per heavy atom. The van der Waals surface area contributed by atoms with Gasteiger partial charge in [-0.2, -0.15) is 0 Å². The van der Waals surface area contributed by atoms with Crippen LogP contribution in [0.2, 0.25) is 0 Å². The fourth-order valence-electron chi connectivity index (χ4n) is 3.90. The first-order valence-corrected chi connectivity index (χ1v) is 4.42. The molecule has 1 unspecified atom stereocenters. The molecular weight excluding hydrogens is 124 g/mol. The number of hydrogen-bond acceptors (Lipinski definition) is 1. The molecule has 3 aliphatic carbocycles. The predicted molar refractivity (Wildman–Crippen MR) is 38.4 cm³/mol. The molecule has 3 fully saturated rings. The Kier molecular flexibility index (Phi) is 0.722. The summed E-state index contributed by atoms with van der Waals surface area (Å²) in [6.07, 6.45) is 3.89. The van der Waals surface area contributed by atoms with E-state index >= 15 is 0 Å². The molecule has 10 heavy (non-hydrogen) atoms. The average molecular weight is 138 g/mol. The molecule has 0 aliphatic heterocycles. The minimum absolute atomic E-state index is 0.0637. The normalized spacial score (nSPS) is 70.2. The van der Waals surface area contributed by atoms with Crippen LogP contribution in [-0.4, -0.2) is 11.2 Å². The molecule has 0 heterocycles. The smallest absolute Gasteiger partial charge is 0.0576 e. The van der Waals surface area contributed by atoms with E-state index in [-0.39, 0.29) is 6.10 Å². The van der Waals surface area contributed by atoms with Crippen molar-refractivity contribution in [2.45, 2.75) is 32.3 Å². The van der Waals surface area contributed by atoms with E-state index in [1.165, 1.54) is 12.8 Å². The van der Waals surface area contributed by atoms with E-state index in [1.807, 2.05) is 0 Å². The van der Waals surface area contributed by atoms with Crippen molar-refractivity contribution in [3.05, 3.63) is 0 Å². The van der Waals surface area contributed by atoms with E-state index in [0.29, 0.717) is 11.3 Å². The van der Waals surface area contributed by atoms with Gasteiger partial charge in [-0.05, 0) is 42.4 Å². The minimum Gasteiger partial charge on any atom is -0.393 e. The molecule has 0 bridgehead atoms. The van der Waals surface area contributed by atoms with Gasteiger partial charge in [-0.15, -0.1) is 0 Å². The summed E-state index contributed by atoms with van der Waals surface area (Å²) in [5, 5.41) is 9.58. The van der Waals surface area contributed by atoms with E-state index in [4.69, 9.17) is 0 Å². The van der Waals surface area contributed by atoms with Gasteiger partial charge in [-0.25, -0.2) is 0 Å². The number of fused-ring (bicyclic) bond motifs is 1. The molecule has 1 nitrogen and oxygen atoms in total. The fourth-order valence-corrected chi connectivity index (χ4v) is 3.90. The van der Waals surface area contributed by atoms with Crippen LogP contribution in [-0.2, 0) is 0 Å². The Morgan fingerprint density at radius 1 is 1.20 bits per heavy atom. The van der Waals surface area contributed by atoms with Crippen molar-refractivity contribution in [3.8, 4) is 0 Å². The molecule has 3 rings (SSSR count). The second kappa shape index (κ2) is 1.29. The molecule has 56 valence electrons. The third kappa shape index (κ3) is 0.355. The highest BCUT2D eigenvalue weighted by molar-refractivity contribution is 5.21. The Labute approximate surface area is 61.4 Å². The first kappa shape index (κ1) is 5.59. The zero-order chi connectivity index (χ0) is 6.93. The Morgan fingerprint density at radius 3 is 2.50 bits per heavy atom. The van der Waals surface area contributed by atoms with Crippen LogP contribution < -0.4 is 0 Å².